The molecule has 5 aliphatic rings. The predicted molar refractivity (Wildman–Crippen MR) is 99.5 cm³/mol. The van der Waals surface area contributed by atoms with Crippen LogP contribution in [-0.4, -0.2) is 17.2 Å². The Kier molecular flexibility index (Phi) is 2.79. The van der Waals surface area contributed by atoms with E-state index in [0.29, 0.717) is 5.46 Å². The first-order valence-corrected chi connectivity index (χ1v) is 9.78. The van der Waals surface area contributed by atoms with Crippen molar-refractivity contribution in [2.45, 2.75) is 37.5 Å². The lowest BCUT2D eigenvalue weighted by Crippen LogP contribution is -2.55. The van der Waals surface area contributed by atoms with Crippen molar-refractivity contribution in [3.05, 3.63) is 53.6 Å². The number of hydrogen-bond donors (Lipinski definition) is 2. The van der Waals surface area contributed by atoms with Gasteiger partial charge >= 0.3 is 7.12 Å². The molecule has 0 atom stereocenters. The summed E-state index contributed by atoms with van der Waals surface area (Å²) in [7, 11) is -1.39. The van der Waals surface area contributed by atoms with Crippen LogP contribution in [0.2, 0.25) is 0 Å². The Hall–Kier alpha value is -1.58. The Labute approximate surface area is 149 Å². The average molecular weight is 330 g/mol. The smallest absolute Gasteiger partial charge is 0.423 e. The Balaban J connectivity index is 1.65. The summed E-state index contributed by atoms with van der Waals surface area (Å²) in [5.74, 6) is 3.29. The molecule has 4 fully saturated rings. The minimum absolute atomic E-state index is 0.115. The first-order chi connectivity index (χ1) is 12.2. The topological polar surface area (TPSA) is 40.5 Å². The SMILES string of the molecule is OB(O)c1ccc2c(c1)C1(c3ccccc3-2)C2CC3CC(C2)CC1C3. The standard InChI is InChI=1S/C22H23BO2/c24-23(25)17-5-6-19-18-3-1-2-4-20(18)22(21(19)12-17)15-8-13-7-14(10-15)11-16(22)9-13/h1-6,12-16,24-25H,7-11H2. The Morgan fingerprint density at radius 3 is 2.08 bits per heavy atom. The fourth-order valence-electron chi connectivity index (χ4n) is 7.33. The van der Waals surface area contributed by atoms with Gasteiger partial charge in [-0.3, -0.25) is 0 Å². The van der Waals surface area contributed by atoms with Gasteiger partial charge in [-0.15, -0.1) is 0 Å². The second kappa shape index (κ2) is 4.78. The van der Waals surface area contributed by atoms with Crippen molar-refractivity contribution in [3.8, 4) is 11.1 Å². The highest BCUT2D eigenvalue weighted by atomic mass is 16.4. The summed E-state index contributed by atoms with van der Waals surface area (Å²) in [6.07, 6.45) is 6.87. The molecule has 0 aromatic heterocycles. The van der Waals surface area contributed by atoms with Gasteiger partial charge in [-0.2, -0.15) is 0 Å². The molecule has 2 aromatic rings. The molecule has 0 unspecified atom stereocenters. The fraction of sp³-hybridized carbons (Fsp3) is 0.455. The van der Waals surface area contributed by atoms with Gasteiger partial charge in [0.2, 0.25) is 0 Å². The van der Waals surface area contributed by atoms with E-state index in [4.69, 9.17) is 0 Å². The highest BCUT2D eigenvalue weighted by molar-refractivity contribution is 6.58. The molecule has 5 aliphatic carbocycles. The summed E-state index contributed by atoms with van der Waals surface area (Å²) in [4.78, 5) is 0. The number of rotatable bonds is 1. The molecular formula is C22H23BO2. The summed E-state index contributed by atoms with van der Waals surface area (Å²) >= 11 is 0. The molecule has 25 heavy (non-hydrogen) atoms. The predicted octanol–water partition coefficient (Wildman–Crippen LogP) is 3.09. The van der Waals surface area contributed by atoms with Crippen molar-refractivity contribution in [3.63, 3.8) is 0 Å². The minimum Gasteiger partial charge on any atom is -0.423 e. The van der Waals surface area contributed by atoms with E-state index in [-0.39, 0.29) is 5.41 Å². The average Bonchev–Trinajstić information content (AvgIpc) is 2.90. The molecule has 2 N–H and O–H groups in total. The normalized spacial score (nSPS) is 36.6. The minimum atomic E-state index is -1.39. The first kappa shape index (κ1) is 14.6. The van der Waals surface area contributed by atoms with Gasteiger partial charge in [-0.05, 0) is 83.5 Å². The molecule has 3 heteroatoms. The van der Waals surface area contributed by atoms with Crippen LogP contribution in [0, 0.1) is 23.7 Å². The van der Waals surface area contributed by atoms with Gasteiger partial charge in [0, 0.05) is 5.41 Å². The van der Waals surface area contributed by atoms with E-state index in [1.807, 2.05) is 6.07 Å². The third-order valence-corrected chi connectivity index (χ3v) is 7.88. The second-order valence-corrected chi connectivity index (χ2v) is 8.90. The zero-order chi connectivity index (χ0) is 16.8. The van der Waals surface area contributed by atoms with E-state index >= 15 is 0 Å². The molecule has 0 radical (unpaired) electrons. The third kappa shape index (κ3) is 1.69. The quantitative estimate of drug-likeness (QED) is 0.789. The maximum absolute atomic E-state index is 9.77. The molecule has 7 rings (SSSR count). The third-order valence-electron chi connectivity index (χ3n) is 7.88. The molecule has 4 saturated carbocycles. The van der Waals surface area contributed by atoms with E-state index in [1.54, 1.807) is 0 Å². The van der Waals surface area contributed by atoms with Crippen LogP contribution in [0.4, 0.5) is 0 Å². The monoisotopic (exact) mass is 330 g/mol. The van der Waals surface area contributed by atoms with Crippen molar-refractivity contribution in [2.75, 3.05) is 0 Å². The van der Waals surface area contributed by atoms with Crippen LogP contribution in [-0.2, 0) is 5.41 Å². The first-order valence-electron chi connectivity index (χ1n) is 9.78. The number of fused-ring (bicyclic) bond motifs is 3. The molecule has 0 aliphatic heterocycles. The van der Waals surface area contributed by atoms with Crippen molar-refractivity contribution in [2.24, 2.45) is 23.7 Å². The molecule has 4 bridgehead atoms. The van der Waals surface area contributed by atoms with Crippen molar-refractivity contribution in [1.29, 1.82) is 0 Å². The summed E-state index contributed by atoms with van der Waals surface area (Å²) in [5, 5.41) is 19.5. The van der Waals surface area contributed by atoms with E-state index in [1.165, 1.54) is 54.4 Å². The molecule has 2 nitrogen and oxygen atoms in total. The van der Waals surface area contributed by atoms with Crippen LogP contribution in [0.1, 0.15) is 43.2 Å². The van der Waals surface area contributed by atoms with Gasteiger partial charge in [0.1, 0.15) is 0 Å². The largest absolute Gasteiger partial charge is 0.488 e. The maximum atomic E-state index is 9.77. The lowest BCUT2D eigenvalue weighted by Gasteiger charge is -2.61. The van der Waals surface area contributed by atoms with Crippen molar-refractivity contribution in [1.82, 2.24) is 0 Å². The lowest BCUT2D eigenvalue weighted by atomic mass is 9.43. The lowest BCUT2D eigenvalue weighted by molar-refractivity contribution is -0.0399. The highest BCUT2D eigenvalue weighted by Gasteiger charge is 2.61. The van der Waals surface area contributed by atoms with E-state index in [2.05, 4.69) is 36.4 Å². The van der Waals surface area contributed by atoms with E-state index in [0.717, 1.165) is 23.7 Å². The molecule has 2 aromatic carbocycles. The number of benzene rings is 2. The van der Waals surface area contributed by atoms with Crippen molar-refractivity contribution >= 4 is 12.6 Å². The Bertz CT molecular complexity index is 844. The second-order valence-electron chi connectivity index (χ2n) is 8.90. The van der Waals surface area contributed by atoms with Gasteiger partial charge in [-0.25, -0.2) is 0 Å². The summed E-state index contributed by atoms with van der Waals surface area (Å²) in [6, 6.07) is 15.1. The van der Waals surface area contributed by atoms with Crippen LogP contribution in [0.3, 0.4) is 0 Å². The zero-order valence-electron chi connectivity index (χ0n) is 14.4. The highest BCUT2D eigenvalue weighted by Crippen LogP contribution is 2.69. The van der Waals surface area contributed by atoms with Gasteiger partial charge in [0.05, 0.1) is 0 Å². The Morgan fingerprint density at radius 2 is 1.40 bits per heavy atom. The summed E-state index contributed by atoms with van der Waals surface area (Å²) in [5.41, 5.74) is 6.36. The van der Waals surface area contributed by atoms with Crippen LogP contribution in [0.25, 0.3) is 11.1 Å². The van der Waals surface area contributed by atoms with Crippen molar-refractivity contribution < 1.29 is 10.0 Å². The summed E-state index contributed by atoms with van der Waals surface area (Å²) in [6.45, 7) is 0. The van der Waals surface area contributed by atoms with Crippen LogP contribution in [0.15, 0.2) is 42.5 Å². The van der Waals surface area contributed by atoms with Crippen LogP contribution in [0.5, 0.6) is 0 Å². The van der Waals surface area contributed by atoms with Gasteiger partial charge in [0.15, 0.2) is 0 Å². The zero-order valence-corrected chi connectivity index (χ0v) is 14.4. The molecule has 0 amide bonds. The molecule has 0 saturated heterocycles. The van der Waals surface area contributed by atoms with E-state index < -0.39 is 7.12 Å². The molecule has 0 heterocycles. The number of hydrogen-bond acceptors (Lipinski definition) is 2. The van der Waals surface area contributed by atoms with Crippen LogP contribution >= 0.6 is 0 Å². The molecular weight excluding hydrogens is 307 g/mol. The Morgan fingerprint density at radius 1 is 0.760 bits per heavy atom. The molecule has 1 spiro atoms. The maximum Gasteiger partial charge on any atom is 0.488 e. The van der Waals surface area contributed by atoms with Gasteiger partial charge < -0.3 is 10.0 Å². The fourth-order valence-corrected chi connectivity index (χ4v) is 7.33. The van der Waals surface area contributed by atoms with E-state index in [9.17, 15) is 10.0 Å². The van der Waals surface area contributed by atoms with Gasteiger partial charge in [0.25, 0.3) is 0 Å². The summed E-state index contributed by atoms with van der Waals surface area (Å²) < 4.78 is 0. The molecule has 126 valence electrons. The van der Waals surface area contributed by atoms with Gasteiger partial charge in [-0.1, -0.05) is 42.5 Å². The van der Waals surface area contributed by atoms with Crippen LogP contribution < -0.4 is 5.46 Å².